The zero-order chi connectivity index (χ0) is 15.4. The second-order valence-corrected chi connectivity index (χ2v) is 5.95. The molecule has 1 heterocycles. The van der Waals surface area contributed by atoms with Gasteiger partial charge in [0.2, 0.25) is 0 Å². The molecule has 1 aromatic heterocycles. The van der Waals surface area contributed by atoms with Crippen LogP contribution in [0.3, 0.4) is 0 Å². The third kappa shape index (κ3) is 3.61. The topological polar surface area (TPSA) is 36.3 Å². The van der Waals surface area contributed by atoms with Crippen LogP contribution in [0.1, 0.15) is 23.9 Å². The highest BCUT2D eigenvalue weighted by Gasteiger charge is 2.14. The fourth-order valence-corrected chi connectivity index (χ4v) is 3.12. The van der Waals surface area contributed by atoms with Crippen LogP contribution in [0.15, 0.2) is 22.7 Å². The van der Waals surface area contributed by atoms with Crippen molar-refractivity contribution >= 4 is 31.9 Å². The van der Waals surface area contributed by atoms with Gasteiger partial charge in [0.15, 0.2) is 11.5 Å². The molecule has 114 valence electrons. The summed E-state index contributed by atoms with van der Waals surface area (Å²) in [4.78, 5) is 0. The normalized spacial score (nSPS) is 10.7. The molecule has 0 aliphatic carbocycles. The van der Waals surface area contributed by atoms with Crippen LogP contribution in [0.4, 0.5) is 0 Å². The number of alkyl halides is 1. The molecular formula is C15H18Br2N2O2. The summed E-state index contributed by atoms with van der Waals surface area (Å²) in [5.41, 5.74) is 3.19. The lowest BCUT2D eigenvalue weighted by atomic mass is 10.2. The van der Waals surface area contributed by atoms with Crippen molar-refractivity contribution in [1.29, 1.82) is 0 Å². The molecule has 0 radical (unpaired) electrons. The summed E-state index contributed by atoms with van der Waals surface area (Å²) >= 11 is 7.05. The molecule has 1 aromatic carbocycles. The van der Waals surface area contributed by atoms with Crippen LogP contribution < -0.4 is 9.47 Å². The number of methoxy groups -OCH3 is 1. The number of halogens is 2. The highest BCUT2D eigenvalue weighted by atomic mass is 79.9. The van der Waals surface area contributed by atoms with Crippen molar-refractivity contribution in [2.75, 3.05) is 7.11 Å². The lowest BCUT2D eigenvalue weighted by Gasteiger charge is -2.12. The van der Waals surface area contributed by atoms with E-state index in [9.17, 15) is 0 Å². The molecule has 21 heavy (non-hydrogen) atoms. The van der Waals surface area contributed by atoms with E-state index in [4.69, 9.17) is 9.47 Å². The van der Waals surface area contributed by atoms with Gasteiger partial charge in [-0.05, 0) is 40.0 Å². The minimum absolute atomic E-state index is 0.437. The van der Waals surface area contributed by atoms with Crippen molar-refractivity contribution in [3.8, 4) is 11.5 Å². The van der Waals surface area contributed by atoms with Gasteiger partial charge in [-0.25, -0.2) is 0 Å². The first-order chi connectivity index (χ1) is 10.1. The maximum absolute atomic E-state index is 5.94. The Balaban J connectivity index is 2.21. The Morgan fingerprint density at radius 2 is 2.05 bits per heavy atom. The standard InChI is InChI=1S/C15H18Br2N2O2/c1-4-11-15(17)12(19(2)18-11)9-21-14-7-10(8-16)5-6-13(14)20-3/h5-7H,4,8-9H2,1-3H3. The van der Waals surface area contributed by atoms with Crippen LogP contribution in [-0.2, 0) is 25.4 Å². The maximum atomic E-state index is 5.94. The van der Waals surface area contributed by atoms with Gasteiger partial charge in [0, 0.05) is 12.4 Å². The largest absolute Gasteiger partial charge is 0.493 e. The Morgan fingerprint density at radius 1 is 1.29 bits per heavy atom. The lowest BCUT2D eigenvalue weighted by molar-refractivity contribution is 0.275. The smallest absolute Gasteiger partial charge is 0.162 e. The third-order valence-electron chi connectivity index (χ3n) is 3.25. The monoisotopic (exact) mass is 416 g/mol. The van der Waals surface area contributed by atoms with E-state index in [-0.39, 0.29) is 0 Å². The molecule has 0 atom stereocenters. The number of ether oxygens (including phenoxy) is 2. The second kappa shape index (κ2) is 7.31. The first-order valence-electron chi connectivity index (χ1n) is 6.66. The number of aromatic nitrogens is 2. The van der Waals surface area contributed by atoms with Crippen molar-refractivity contribution in [2.24, 2.45) is 7.05 Å². The number of hydrogen-bond donors (Lipinski definition) is 0. The van der Waals surface area contributed by atoms with Crippen molar-refractivity contribution in [1.82, 2.24) is 9.78 Å². The molecule has 0 amide bonds. The fourth-order valence-electron chi connectivity index (χ4n) is 2.04. The number of aryl methyl sites for hydroxylation is 2. The highest BCUT2D eigenvalue weighted by Crippen LogP contribution is 2.30. The SMILES string of the molecule is CCc1nn(C)c(COc2cc(CBr)ccc2OC)c1Br. The average molecular weight is 418 g/mol. The summed E-state index contributed by atoms with van der Waals surface area (Å²) in [6.07, 6.45) is 0.886. The van der Waals surface area contributed by atoms with E-state index in [2.05, 4.69) is 43.9 Å². The molecule has 0 unspecified atom stereocenters. The van der Waals surface area contributed by atoms with Crippen molar-refractivity contribution in [3.63, 3.8) is 0 Å². The summed E-state index contributed by atoms with van der Waals surface area (Å²) in [5.74, 6) is 1.47. The van der Waals surface area contributed by atoms with Crippen LogP contribution >= 0.6 is 31.9 Å². The highest BCUT2D eigenvalue weighted by molar-refractivity contribution is 9.10. The van der Waals surface area contributed by atoms with E-state index in [1.165, 1.54) is 0 Å². The summed E-state index contributed by atoms with van der Waals surface area (Å²) < 4.78 is 14.2. The summed E-state index contributed by atoms with van der Waals surface area (Å²) in [5, 5.41) is 5.25. The Labute approximate surface area is 141 Å². The molecule has 4 nitrogen and oxygen atoms in total. The van der Waals surface area contributed by atoms with Crippen molar-refractivity contribution < 1.29 is 9.47 Å². The lowest BCUT2D eigenvalue weighted by Crippen LogP contribution is -2.04. The molecule has 2 aromatic rings. The molecule has 0 spiro atoms. The van der Waals surface area contributed by atoms with E-state index in [1.807, 2.05) is 29.9 Å². The van der Waals surface area contributed by atoms with Gasteiger partial charge < -0.3 is 9.47 Å². The van der Waals surface area contributed by atoms with Gasteiger partial charge in [0.05, 0.1) is 23.0 Å². The number of nitrogens with zero attached hydrogens (tertiary/aromatic N) is 2. The predicted octanol–water partition coefficient (Wildman–Crippen LogP) is 4.23. The molecule has 0 saturated carbocycles. The fraction of sp³-hybridized carbons (Fsp3) is 0.400. The molecule has 0 N–H and O–H groups in total. The summed E-state index contributed by atoms with van der Waals surface area (Å²) in [7, 11) is 3.57. The van der Waals surface area contributed by atoms with Crippen LogP contribution in [0, 0.1) is 0 Å². The predicted molar refractivity (Wildman–Crippen MR) is 90.2 cm³/mol. The van der Waals surface area contributed by atoms with Crippen LogP contribution in [0.2, 0.25) is 0 Å². The number of benzene rings is 1. The van der Waals surface area contributed by atoms with Gasteiger partial charge in [-0.2, -0.15) is 5.10 Å². The van der Waals surface area contributed by atoms with Gasteiger partial charge in [0.25, 0.3) is 0 Å². The van der Waals surface area contributed by atoms with E-state index in [1.54, 1.807) is 7.11 Å². The summed E-state index contributed by atoms with van der Waals surface area (Å²) in [6, 6.07) is 5.91. The van der Waals surface area contributed by atoms with Gasteiger partial charge in [-0.3, -0.25) is 4.68 Å². The van der Waals surface area contributed by atoms with E-state index >= 15 is 0 Å². The van der Waals surface area contributed by atoms with E-state index in [0.29, 0.717) is 6.61 Å². The number of hydrogen-bond acceptors (Lipinski definition) is 3. The zero-order valence-corrected chi connectivity index (χ0v) is 15.5. The quantitative estimate of drug-likeness (QED) is 0.660. The van der Waals surface area contributed by atoms with Crippen LogP contribution in [-0.4, -0.2) is 16.9 Å². The Kier molecular flexibility index (Phi) is 5.70. The Hall–Kier alpha value is -1.01. The Morgan fingerprint density at radius 3 is 2.62 bits per heavy atom. The van der Waals surface area contributed by atoms with Crippen molar-refractivity contribution in [2.45, 2.75) is 25.3 Å². The Bertz CT molecular complexity index is 626. The van der Waals surface area contributed by atoms with E-state index < -0.39 is 0 Å². The average Bonchev–Trinajstić information content (AvgIpc) is 2.79. The first kappa shape index (κ1) is 16.4. The molecule has 6 heteroatoms. The summed E-state index contributed by atoms with van der Waals surface area (Å²) in [6.45, 7) is 2.52. The van der Waals surface area contributed by atoms with Gasteiger partial charge in [-0.15, -0.1) is 0 Å². The van der Waals surface area contributed by atoms with E-state index in [0.717, 1.165) is 44.7 Å². The van der Waals surface area contributed by atoms with Gasteiger partial charge in [0.1, 0.15) is 6.61 Å². The van der Waals surface area contributed by atoms with Gasteiger partial charge in [-0.1, -0.05) is 28.9 Å². The van der Waals surface area contributed by atoms with Gasteiger partial charge >= 0.3 is 0 Å². The minimum Gasteiger partial charge on any atom is -0.493 e. The first-order valence-corrected chi connectivity index (χ1v) is 8.58. The third-order valence-corrected chi connectivity index (χ3v) is 4.81. The minimum atomic E-state index is 0.437. The molecule has 0 bridgehead atoms. The molecule has 0 aliphatic heterocycles. The van der Waals surface area contributed by atoms with Crippen LogP contribution in [0.25, 0.3) is 0 Å². The number of rotatable bonds is 6. The molecule has 0 saturated heterocycles. The van der Waals surface area contributed by atoms with Crippen LogP contribution in [0.5, 0.6) is 11.5 Å². The molecular weight excluding hydrogens is 400 g/mol. The molecule has 0 aliphatic rings. The maximum Gasteiger partial charge on any atom is 0.162 e. The zero-order valence-electron chi connectivity index (χ0n) is 12.3. The molecule has 2 rings (SSSR count). The van der Waals surface area contributed by atoms with Crippen molar-refractivity contribution in [3.05, 3.63) is 39.6 Å². The second-order valence-electron chi connectivity index (χ2n) is 4.59. The molecule has 0 fully saturated rings.